The van der Waals surface area contributed by atoms with Crippen LogP contribution in [-0.2, 0) is 4.79 Å². The third-order valence-corrected chi connectivity index (χ3v) is 5.96. The van der Waals surface area contributed by atoms with Crippen molar-refractivity contribution in [2.75, 3.05) is 18.8 Å². The Hall–Kier alpha value is -2.64. The summed E-state index contributed by atoms with van der Waals surface area (Å²) in [6.07, 6.45) is 0. The summed E-state index contributed by atoms with van der Waals surface area (Å²) in [4.78, 5) is 14.8. The molecule has 0 bridgehead atoms. The van der Waals surface area contributed by atoms with E-state index in [0.29, 0.717) is 29.5 Å². The van der Waals surface area contributed by atoms with Crippen LogP contribution in [0.5, 0.6) is 0 Å². The van der Waals surface area contributed by atoms with Gasteiger partial charge in [0.2, 0.25) is 5.91 Å². The van der Waals surface area contributed by atoms with Crippen molar-refractivity contribution in [3.05, 3.63) is 60.7 Å². The largest absolute Gasteiger partial charge is 0.354 e. The second-order valence-corrected chi connectivity index (χ2v) is 8.85. The minimum Gasteiger partial charge on any atom is -0.354 e. The highest BCUT2D eigenvalue weighted by Crippen LogP contribution is 2.27. The minimum absolute atomic E-state index is 0.00124. The van der Waals surface area contributed by atoms with Gasteiger partial charge >= 0.3 is 0 Å². The first-order valence-electron chi connectivity index (χ1n) is 10.7. The van der Waals surface area contributed by atoms with Gasteiger partial charge in [-0.15, -0.1) is 10.2 Å². The Kier molecular flexibility index (Phi) is 8.26. The van der Waals surface area contributed by atoms with Gasteiger partial charge in [0, 0.05) is 36.4 Å². The van der Waals surface area contributed by atoms with Gasteiger partial charge < -0.3 is 5.32 Å². The summed E-state index contributed by atoms with van der Waals surface area (Å²) >= 11 is 1.40. The lowest BCUT2D eigenvalue weighted by atomic mass is 10.2. The zero-order valence-electron chi connectivity index (χ0n) is 18.7. The van der Waals surface area contributed by atoms with E-state index in [1.165, 1.54) is 11.8 Å². The van der Waals surface area contributed by atoms with Crippen LogP contribution in [0.15, 0.2) is 65.8 Å². The maximum absolute atomic E-state index is 12.5. The maximum atomic E-state index is 12.5. The minimum atomic E-state index is 0.00124. The number of thioether (sulfide) groups is 1. The molecule has 0 atom stereocenters. The number of hydrogen-bond acceptors (Lipinski definition) is 5. The molecule has 0 spiro atoms. The van der Waals surface area contributed by atoms with E-state index in [1.807, 2.05) is 65.2 Å². The predicted molar refractivity (Wildman–Crippen MR) is 128 cm³/mol. The first-order chi connectivity index (χ1) is 15.0. The SMILES string of the molecule is CC(C)N(CCNC(=O)CSc1nnc(-c2ccccc2)n1-c1ccccc1)C(C)C. The Morgan fingerprint density at radius 2 is 1.58 bits per heavy atom. The highest BCUT2D eigenvalue weighted by molar-refractivity contribution is 7.99. The molecule has 0 aliphatic heterocycles. The van der Waals surface area contributed by atoms with Gasteiger partial charge in [-0.05, 0) is 39.8 Å². The molecule has 3 aromatic rings. The van der Waals surface area contributed by atoms with Gasteiger partial charge in [0.25, 0.3) is 0 Å². The van der Waals surface area contributed by atoms with Crippen LogP contribution in [0.25, 0.3) is 17.1 Å². The summed E-state index contributed by atoms with van der Waals surface area (Å²) in [5.41, 5.74) is 1.95. The van der Waals surface area contributed by atoms with Crippen LogP contribution < -0.4 is 5.32 Å². The van der Waals surface area contributed by atoms with E-state index in [-0.39, 0.29) is 5.91 Å². The molecule has 0 unspecified atom stereocenters. The fourth-order valence-corrected chi connectivity index (χ4v) is 4.35. The van der Waals surface area contributed by atoms with E-state index >= 15 is 0 Å². The fourth-order valence-electron chi connectivity index (χ4n) is 3.57. The number of para-hydroxylation sites is 1. The lowest BCUT2D eigenvalue weighted by Crippen LogP contribution is -2.42. The van der Waals surface area contributed by atoms with Crippen LogP contribution in [0.2, 0.25) is 0 Å². The topological polar surface area (TPSA) is 63.1 Å². The molecule has 2 aromatic carbocycles. The first kappa shape index (κ1) is 23.0. The Balaban J connectivity index is 1.68. The molecular weight excluding hydrogens is 406 g/mol. The molecule has 3 rings (SSSR count). The van der Waals surface area contributed by atoms with Gasteiger partial charge in [-0.2, -0.15) is 0 Å². The molecule has 7 heteroatoms. The van der Waals surface area contributed by atoms with Crippen LogP contribution in [-0.4, -0.2) is 56.5 Å². The number of rotatable bonds is 10. The van der Waals surface area contributed by atoms with E-state index < -0.39 is 0 Å². The molecule has 0 aliphatic carbocycles. The van der Waals surface area contributed by atoms with Crippen LogP contribution in [0.4, 0.5) is 0 Å². The molecule has 1 heterocycles. The number of benzene rings is 2. The molecule has 6 nitrogen and oxygen atoms in total. The van der Waals surface area contributed by atoms with E-state index in [0.717, 1.165) is 23.6 Å². The second kappa shape index (κ2) is 11.1. The molecular formula is C24H31N5OS. The summed E-state index contributed by atoms with van der Waals surface area (Å²) in [6, 6.07) is 20.9. The van der Waals surface area contributed by atoms with Gasteiger partial charge in [0.1, 0.15) is 0 Å². The normalized spacial score (nSPS) is 11.5. The summed E-state index contributed by atoms with van der Waals surface area (Å²) in [5.74, 6) is 1.06. The van der Waals surface area contributed by atoms with Crippen LogP contribution in [0.3, 0.4) is 0 Å². The molecule has 0 saturated carbocycles. The van der Waals surface area contributed by atoms with E-state index in [9.17, 15) is 4.79 Å². The van der Waals surface area contributed by atoms with Gasteiger partial charge in [0.15, 0.2) is 11.0 Å². The number of hydrogen-bond donors (Lipinski definition) is 1. The van der Waals surface area contributed by atoms with Crippen molar-refractivity contribution >= 4 is 17.7 Å². The van der Waals surface area contributed by atoms with E-state index in [2.05, 4.69) is 48.1 Å². The average Bonchev–Trinajstić information content (AvgIpc) is 3.20. The zero-order chi connectivity index (χ0) is 22.2. The van der Waals surface area contributed by atoms with Crippen LogP contribution in [0, 0.1) is 0 Å². The average molecular weight is 438 g/mol. The van der Waals surface area contributed by atoms with E-state index in [4.69, 9.17) is 0 Å². The first-order valence-corrected chi connectivity index (χ1v) is 11.7. The molecule has 0 fully saturated rings. The predicted octanol–water partition coefficient (Wildman–Crippen LogP) is 4.26. The van der Waals surface area contributed by atoms with Crippen molar-refractivity contribution in [1.82, 2.24) is 25.0 Å². The van der Waals surface area contributed by atoms with E-state index in [1.54, 1.807) is 0 Å². The Bertz CT molecular complexity index is 949. The summed E-state index contributed by atoms with van der Waals surface area (Å²) in [6.45, 7) is 10.2. The van der Waals surface area contributed by atoms with Crippen LogP contribution in [0.1, 0.15) is 27.7 Å². The molecule has 0 radical (unpaired) electrons. The molecule has 0 aliphatic rings. The van der Waals surface area contributed by atoms with Gasteiger partial charge in [-0.25, -0.2) is 0 Å². The highest BCUT2D eigenvalue weighted by atomic mass is 32.2. The Morgan fingerprint density at radius 1 is 0.968 bits per heavy atom. The quantitative estimate of drug-likeness (QED) is 0.480. The fraction of sp³-hybridized carbons (Fsp3) is 0.375. The van der Waals surface area contributed by atoms with Crippen molar-refractivity contribution < 1.29 is 4.79 Å². The highest BCUT2D eigenvalue weighted by Gasteiger charge is 2.17. The van der Waals surface area contributed by atoms with Crippen molar-refractivity contribution in [2.45, 2.75) is 44.9 Å². The second-order valence-electron chi connectivity index (χ2n) is 7.91. The Morgan fingerprint density at radius 3 is 2.19 bits per heavy atom. The Labute approximate surface area is 189 Å². The number of aromatic nitrogens is 3. The molecule has 0 saturated heterocycles. The molecule has 1 N–H and O–H groups in total. The number of amides is 1. The summed E-state index contributed by atoms with van der Waals surface area (Å²) in [7, 11) is 0. The lowest BCUT2D eigenvalue weighted by molar-refractivity contribution is -0.118. The zero-order valence-corrected chi connectivity index (χ0v) is 19.5. The number of nitrogens with one attached hydrogen (secondary N) is 1. The van der Waals surface area contributed by atoms with Crippen molar-refractivity contribution in [3.63, 3.8) is 0 Å². The van der Waals surface area contributed by atoms with Gasteiger partial charge in [-0.1, -0.05) is 60.3 Å². The standard InChI is InChI=1S/C24H31N5OS/c1-18(2)28(19(3)4)16-15-25-22(30)17-31-24-27-26-23(20-11-7-5-8-12-20)29(24)21-13-9-6-10-14-21/h5-14,18-19H,15-17H2,1-4H3,(H,25,30). The monoisotopic (exact) mass is 437 g/mol. The van der Waals surface area contributed by atoms with Gasteiger partial charge in [0.05, 0.1) is 5.75 Å². The lowest BCUT2D eigenvalue weighted by Gasteiger charge is -2.30. The molecule has 31 heavy (non-hydrogen) atoms. The summed E-state index contributed by atoms with van der Waals surface area (Å²) < 4.78 is 2.01. The van der Waals surface area contributed by atoms with Crippen molar-refractivity contribution in [1.29, 1.82) is 0 Å². The third kappa shape index (κ3) is 6.18. The number of carbonyl (C=O) groups excluding carboxylic acids is 1. The van der Waals surface area contributed by atoms with Crippen molar-refractivity contribution in [2.24, 2.45) is 0 Å². The maximum Gasteiger partial charge on any atom is 0.230 e. The smallest absolute Gasteiger partial charge is 0.230 e. The third-order valence-electron chi connectivity index (χ3n) is 5.03. The molecule has 164 valence electrons. The molecule has 1 amide bonds. The number of carbonyl (C=O) groups is 1. The van der Waals surface area contributed by atoms with Crippen LogP contribution >= 0.6 is 11.8 Å². The number of nitrogens with zero attached hydrogens (tertiary/aromatic N) is 4. The van der Waals surface area contributed by atoms with Crippen molar-refractivity contribution in [3.8, 4) is 17.1 Å². The van der Waals surface area contributed by atoms with Gasteiger partial charge in [-0.3, -0.25) is 14.3 Å². The molecule has 1 aromatic heterocycles. The summed E-state index contributed by atoms with van der Waals surface area (Å²) in [5, 5.41) is 12.5.